The smallest absolute Gasteiger partial charge is 0.253 e. The summed E-state index contributed by atoms with van der Waals surface area (Å²) in [5.41, 5.74) is 6.62. The first kappa shape index (κ1) is 15.1. The lowest BCUT2D eigenvalue weighted by molar-refractivity contribution is 0.0925. The van der Waals surface area contributed by atoms with Crippen molar-refractivity contribution < 1.29 is 4.79 Å². The van der Waals surface area contributed by atoms with Crippen LogP contribution in [0.3, 0.4) is 0 Å². The molecule has 1 atom stereocenters. The topological polar surface area (TPSA) is 55.1 Å². The third-order valence-corrected chi connectivity index (χ3v) is 4.58. The van der Waals surface area contributed by atoms with Crippen molar-refractivity contribution in [2.45, 2.75) is 32.7 Å². The molecule has 98 valence electrons. The summed E-state index contributed by atoms with van der Waals surface area (Å²) in [6, 6.07) is 5.55. The summed E-state index contributed by atoms with van der Waals surface area (Å²) in [4.78, 5) is 12.5. The number of nitrogens with two attached hydrogens (primary N) is 1. The molecule has 1 aromatic carbocycles. The second-order valence-electron chi connectivity index (χ2n) is 4.44. The van der Waals surface area contributed by atoms with E-state index in [0.29, 0.717) is 17.0 Å². The Balaban J connectivity index is 3.02. The van der Waals surface area contributed by atoms with Gasteiger partial charge >= 0.3 is 0 Å². The zero-order valence-electron chi connectivity index (χ0n) is 10.7. The van der Waals surface area contributed by atoms with Gasteiger partial charge in [0.05, 0.1) is 16.1 Å². The number of amides is 1. The predicted molar refractivity (Wildman–Crippen MR) is 81.8 cm³/mol. The molecule has 0 radical (unpaired) electrons. The van der Waals surface area contributed by atoms with Gasteiger partial charge in [-0.1, -0.05) is 31.3 Å². The molecule has 0 aliphatic heterocycles. The molecule has 1 amide bonds. The second kappa shape index (κ2) is 5.80. The van der Waals surface area contributed by atoms with Gasteiger partial charge in [-0.15, -0.1) is 0 Å². The summed E-state index contributed by atoms with van der Waals surface area (Å²) >= 11 is 8.43. The molecule has 0 spiro atoms. The number of hydrogen-bond donors (Lipinski definition) is 2. The first-order valence-electron chi connectivity index (χ1n) is 5.69. The van der Waals surface area contributed by atoms with Crippen molar-refractivity contribution in [1.29, 1.82) is 0 Å². The third-order valence-electron chi connectivity index (χ3n) is 3.08. The zero-order chi connectivity index (χ0) is 13.9. The fourth-order valence-corrected chi connectivity index (χ4v) is 2.10. The number of thiocarbonyl (C=S) groups is 1. The predicted octanol–water partition coefficient (Wildman–Crippen LogP) is 2.94. The van der Waals surface area contributed by atoms with Crippen molar-refractivity contribution >= 4 is 39.0 Å². The zero-order valence-corrected chi connectivity index (χ0v) is 13.1. The largest absolute Gasteiger partial charge is 0.391 e. The number of nitrogens with one attached hydrogen (secondary N) is 1. The van der Waals surface area contributed by atoms with Gasteiger partial charge in [-0.25, -0.2) is 0 Å². The number of carbonyl (C=O) groups is 1. The van der Waals surface area contributed by atoms with Crippen molar-refractivity contribution in [3.63, 3.8) is 0 Å². The van der Waals surface area contributed by atoms with Crippen LogP contribution in [0.5, 0.6) is 0 Å². The van der Waals surface area contributed by atoms with Crippen LogP contribution in [0.15, 0.2) is 22.7 Å². The van der Waals surface area contributed by atoms with Gasteiger partial charge in [0, 0.05) is 4.47 Å². The Morgan fingerprint density at radius 3 is 2.67 bits per heavy atom. The first-order chi connectivity index (χ1) is 8.31. The fraction of sp³-hybridized carbons (Fsp3) is 0.385. The van der Waals surface area contributed by atoms with Gasteiger partial charge in [0.2, 0.25) is 0 Å². The molecule has 0 bridgehead atoms. The highest BCUT2D eigenvalue weighted by Crippen LogP contribution is 2.22. The van der Waals surface area contributed by atoms with Crippen molar-refractivity contribution in [2.75, 3.05) is 0 Å². The molecule has 0 heterocycles. The molecule has 0 aliphatic carbocycles. The lowest BCUT2D eigenvalue weighted by atomic mass is 9.98. The van der Waals surface area contributed by atoms with Gasteiger partial charge < -0.3 is 11.1 Å². The minimum atomic E-state index is -0.657. The van der Waals surface area contributed by atoms with Crippen molar-refractivity contribution in [1.82, 2.24) is 5.32 Å². The van der Waals surface area contributed by atoms with Gasteiger partial charge in [-0.3, -0.25) is 4.79 Å². The van der Waals surface area contributed by atoms with Gasteiger partial charge in [-0.05, 0) is 47.8 Å². The van der Waals surface area contributed by atoms with E-state index < -0.39 is 5.54 Å². The van der Waals surface area contributed by atoms with Crippen LogP contribution in [0, 0.1) is 6.92 Å². The number of aryl methyl sites for hydroxylation is 1. The standard InChI is InChI=1S/C13H17BrN2OS/c1-4-13(3,12(15)18)16-11(17)9-7-5-6-8(2)10(9)14/h5-7H,4H2,1-3H3,(H2,15,18)(H,16,17). The van der Waals surface area contributed by atoms with Crippen LogP contribution in [0.2, 0.25) is 0 Å². The summed E-state index contributed by atoms with van der Waals surface area (Å²) in [6.07, 6.45) is 0.650. The number of rotatable bonds is 4. The van der Waals surface area contributed by atoms with Crippen molar-refractivity contribution in [3.05, 3.63) is 33.8 Å². The number of halogens is 1. The number of carbonyl (C=O) groups excluding carboxylic acids is 1. The van der Waals surface area contributed by atoms with Crippen LogP contribution in [0.4, 0.5) is 0 Å². The lowest BCUT2D eigenvalue weighted by Crippen LogP contribution is -2.54. The van der Waals surface area contributed by atoms with E-state index in [4.69, 9.17) is 18.0 Å². The van der Waals surface area contributed by atoms with Crippen LogP contribution in [-0.2, 0) is 0 Å². The lowest BCUT2D eigenvalue weighted by Gasteiger charge is -2.28. The molecule has 0 saturated heterocycles. The van der Waals surface area contributed by atoms with Crippen molar-refractivity contribution in [2.24, 2.45) is 5.73 Å². The minimum Gasteiger partial charge on any atom is -0.391 e. The Kier molecular flexibility index (Phi) is 4.87. The second-order valence-corrected chi connectivity index (χ2v) is 5.67. The van der Waals surface area contributed by atoms with Gasteiger partial charge in [0.15, 0.2) is 0 Å². The summed E-state index contributed by atoms with van der Waals surface area (Å²) < 4.78 is 0.795. The average Bonchev–Trinajstić information content (AvgIpc) is 2.32. The maximum atomic E-state index is 12.2. The maximum absolute atomic E-state index is 12.2. The van der Waals surface area contributed by atoms with E-state index >= 15 is 0 Å². The highest BCUT2D eigenvalue weighted by atomic mass is 79.9. The van der Waals surface area contributed by atoms with Gasteiger partial charge in [0.25, 0.3) is 5.91 Å². The average molecular weight is 329 g/mol. The third kappa shape index (κ3) is 3.09. The van der Waals surface area contributed by atoms with Crippen LogP contribution in [0.25, 0.3) is 0 Å². The number of hydrogen-bond acceptors (Lipinski definition) is 2. The Hall–Kier alpha value is -0.940. The van der Waals surface area contributed by atoms with E-state index in [1.54, 1.807) is 6.07 Å². The van der Waals surface area contributed by atoms with E-state index in [1.165, 1.54) is 0 Å². The SMILES string of the molecule is CCC(C)(NC(=O)c1cccc(C)c1Br)C(N)=S. The molecule has 1 rings (SSSR count). The Morgan fingerprint density at radius 2 is 2.17 bits per heavy atom. The van der Waals surface area contributed by atoms with E-state index in [-0.39, 0.29) is 5.91 Å². The Bertz CT molecular complexity index is 490. The van der Waals surface area contributed by atoms with E-state index in [2.05, 4.69) is 21.2 Å². The van der Waals surface area contributed by atoms with Crippen LogP contribution >= 0.6 is 28.1 Å². The molecular formula is C13H17BrN2OS. The number of benzene rings is 1. The van der Waals surface area contributed by atoms with E-state index in [1.807, 2.05) is 32.9 Å². The summed E-state index contributed by atoms with van der Waals surface area (Å²) in [5, 5.41) is 2.89. The van der Waals surface area contributed by atoms with Crippen LogP contribution in [0.1, 0.15) is 36.2 Å². The van der Waals surface area contributed by atoms with E-state index in [0.717, 1.165) is 10.0 Å². The summed E-state index contributed by atoms with van der Waals surface area (Å²) in [6.45, 7) is 5.70. The molecular weight excluding hydrogens is 312 g/mol. The highest BCUT2D eigenvalue weighted by Gasteiger charge is 2.28. The van der Waals surface area contributed by atoms with Gasteiger partial charge in [0.1, 0.15) is 0 Å². The summed E-state index contributed by atoms with van der Waals surface area (Å²) in [7, 11) is 0. The Morgan fingerprint density at radius 1 is 1.56 bits per heavy atom. The molecule has 3 nitrogen and oxygen atoms in total. The molecule has 0 saturated carbocycles. The molecule has 1 aromatic rings. The highest BCUT2D eigenvalue weighted by molar-refractivity contribution is 9.10. The normalized spacial score (nSPS) is 13.8. The van der Waals surface area contributed by atoms with Crippen molar-refractivity contribution in [3.8, 4) is 0 Å². The van der Waals surface area contributed by atoms with Crippen LogP contribution < -0.4 is 11.1 Å². The minimum absolute atomic E-state index is 0.178. The van der Waals surface area contributed by atoms with Crippen LogP contribution in [-0.4, -0.2) is 16.4 Å². The Labute approximate surface area is 121 Å². The molecule has 0 fully saturated rings. The molecule has 1 unspecified atom stereocenters. The summed E-state index contributed by atoms with van der Waals surface area (Å²) in [5.74, 6) is -0.178. The van der Waals surface area contributed by atoms with E-state index in [9.17, 15) is 4.79 Å². The fourth-order valence-electron chi connectivity index (χ4n) is 1.46. The molecule has 0 aromatic heterocycles. The monoisotopic (exact) mass is 328 g/mol. The maximum Gasteiger partial charge on any atom is 0.253 e. The quantitative estimate of drug-likeness (QED) is 0.835. The molecule has 5 heteroatoms. The van der Waals surface area contributed by atoms with Gasteiger partial charge in [-0.2, -0.15) is 0 Å². The first-order valence-corrected chi connectivity index (χ1v) is 6.89. The molecule has 3 N–H and O–H groups in total. The molecule has 0 aliphatic rings. The molecule has 18 heavy (non-hydrogen) atoms.